The first kappa shape index (κ1) is 26.5. The van der Waals surface area contributed by atoms with Gasteiger partial charge in [0.1, 0.15) is 11.4 Å². The van der Waals surface area contributed by atoms with Crippen molar-refractivity contribution in [2.75, 3.05) is 23.4 Å². The number of aromatic nitrogens is 1. The van der Waals surface area contributed by atoms with Crippen molar-refractivity contribution in [3.63, 3.8) is 0 Å². The van der Waals surface area contributed by atoms with Crippen LogP contribution in [-0.2, 0) is 10.8 Å². The number of anilines is 1. The largest absolute Gasteiger partial charge is 0.435 e. The van der Waals surface area contributed by atoms with Crippen LogP contribution in [0.2, 0.25) is 0 Å². The molecule has 0 spiro atoms. The maximum atomic E-state index is 12.8. The zero-order valence-corrected chi connectivity index (χ0v) is 19.0. The molecule has 1 unspecified atom stereocenters. The van der Waals surface area contributed by atoms with Crippen molar-refractivity contribution in [2.45, 2.75) is 31.4 Å². The smallest absolute Gasteiger partial charge is 0.416 e. The second-order valence-corrected chi connectivity index (χ2v) is 9.54. The van der Waals surface area contributed by atoms with Crippen LogP contribution in [0.5, 0.6) is 5.75 Å². The third kappa shape index (κ3) is 6.72. The average Bonchev–Trinajstić information content (AvgIpc) is 2.74. The molecule has 1 fully saturated rings. The maximum Gasteiger partial charge on any atom is 0.416 e. The zero-order valence-electron chi connectivity index (χ0n) is 18.2. The fourth-order valence-corrected chi connectivity index (χ4v) is 4.78. The van der Waals surface area contributed by atoms with E-state index in [1.807, 2.05) is 0 Å². The van der Waals surface area contributed by atoms with Crippen molar-refractivity contribution in [1.82, 2.24) is 10.3 Å². The van der Waals surface area contributed by atoms with Gasteiger partial charge in [0.05, 0.1) is 22.5 Å². The number of aliphatic hydroxyl groups is 1. The van der Waals surface area contributed by atoms with Gasteiger partial charge in [0.25, 0.3) is 5.91 Å². The minimum absolute atomic E-state index is 0.0563. The molecule has 190 valence electrons. The highest BCUT2D eigenvalue weighted by Gasteiger charge is 2.40. The molecule has 2 heterocycles. The Labute approximate surface area is 198 Å². The number of amides is 1. The summed E-state index contributed by atoms with van der Waals surface area (Å²) in [7, 11) is -1.05. The Balaban J connectivity index is 1.91. The Morgan fingerprint density at radius 1 is 1.29 bits per heavy atom. The van der Waals surface area contributed by atoms with E-state index in [-0.39, 0.29) is 45.5 Å². The lowest BCUT2D eigenvalue weighted by atomic mass is 10.0. The van der Waals surface area contributed by atoms with E-state index in [4.69, 9.17) is 5.41 Å². The number of pyridine rings is 1. The molecule has 0 bridgehead atoms. The highest BCUT2D eigenvalue weighted by molar-refractivity contribution is 7.86. The van der Waals surface area contributed by atoms with Gasteiger partial charge >= 0.3 is 12.8 Å². The van der Waals surface area contributed by atoms with Gasteiger partial charge in [-0.2, -0.15) is 22.0 Å². The standard InChI is InChI=1S/C21H21F5N4O4S/c1-20(9-35(33)10-20)30-18(32)12-6-14(28-8-15(31)21(24,25)26)17(29-7-12)16(27)11-3-2-4-13(5-11)34-19(22)23/h2-7,15,19,27-28,31H,8-10H2,1H3,(H,30,32). The van der Waals surface area contributed by atoms with E-state index in [0.29, 0.717) is 0 Å². The van der Waals surface area contributed by atoms with E-state index in [1.54, 1.807) is 6.92 Å². The van der Waals surface area contributed by atoms with Crippen molar-refractivity contribution in [3.05, 3.63) is 53.3 Å². The van der Waals surface area contributed by atoms with E-state index in [9.17, 15) is 36.1 Å². The van der Waals surface area contributed by atoms with E-state index < -0.39 is 47.7 Å². The molecule has 14 heteroatoms. The number of hydrogen-bond acceptors (Lipinski definition) is 7. The fourth-order valence-electron chi connectivity index (χ4n) is 3.30. The van der Waals surface area contributed by atoms with Crippen molar-refractivity contribution in [2.24, 2.45) is 0 Å². The first-order valence-electron chi connectivity index (χ1n) is 10.1. The summed E-state index contributed by atoms with van der Waals surface area (Å²) in [5, 5.41) is 22.8. The summed E-state index contributed by atoms with van der Waals surface area (Å²) in [5.41, 5.74) is -1.43. The van der Waals surface area contributed by atoms with Crippen molar-refractivity contribution in [1.29, 1.82) is 5.41 Å². The average molecular weight is 520 g/mol. The van der Waals surface area contributed by atoms with Crippen LogP contribution in [0.15, 0.2) is 36.5 Å². The Kier molecular flexibility index (Phi) is 7.74. The SMILES string of the molecule is CC1(NC(=O)c2cnc(C(=N)c3cccc(OC(F)F)c3)c(NCC(O)C(F)(F)F)c2)CS(=O)C1. The van der Waals surface area contributed by atoms with Crippen LogP contribution in [0.1, 0.15) is 28.5 Å². The first-order valence-corrected chi connectivity index (χ1v) is 11.6. The van der Waals surface area contributed by atoms with Crippen LogP contribution in [0.25, 0.3) is 0 Å². The summed E-state index contributed by atoms with van der Waals surface area (Å²) < 4.78 is 79.1. The van der Waals surface area contributed by atoms with Gasteiger partial charge in [0, 0.05) is 40.6 Å². The summed E-state index contributed by atoms with van der Waals surface area (Å²) in [4.78, 5) is 16.7. The Hall–Kier alpha value is -3.13. The molecule has 1 saturated heterocycles. The lowest BCUT2D eigenvalue weighted by molar-refractivity contribution is -0.198. The Morgan fingerprint density at radius 3 is 2.57 bits per heavy atom. The topological polar surface area (TPSA) is 124 Å². The minimum atomic E-state index is -4.92. The number of halogens is 5. The van der Waals surface area contributed by atoms with Crippen LogP contribution in [-0.4, -0.2) is 68.4 Å². The molecule has 2 aromatic rings. The third-order valence-electron chi connectivity index (χ3n) is 4.97. The monoisotopic (exact) mass is 520 g/mol. The van der Waals surface area contributed by atoms with Crippen LogP contribution in [0.4, 0.5) is 27.6 Å². The molecule has 4 N–H and O–H groups in total. The highest BCUT2D eigenvalue weighted by atomic mass is 32.2. The van der Waals surface area contributed by atoms with Crippen LogP contribution in [0, 0.1) is 5.41 Å². The van der Waals surface area contributed by atoms with E-state index >= 15 is 0 Å². The number of benzene rings is 1. The Morgan fingerprint density at radius 2 is 1.97 bits per heavy atom. The summed E-state index contributed by atoms with van der Waals surface area (Å²) in [6.45, 7) is -2.41. The number of hydrogen-bond donors (Lipinski definition) is 4. The number of nitrogens with zero attached hydrogens (tertiary/aromatic N) is 1. The van der Waals surface area contributed by atoms with Gasteiger partial charge in [-0.1, -0.05) is 12.1 Å². The van der Waals surface area contributed by atoms with Gasteiger partial charge < -0.3 is 20.5 Å². The first-order chi connectivity index (χ1) is 16.3. The van der Waals surface area contributed by atoms with Gasteiger partial charge in [-0.3, -0.25) is 19.4 Å². The van der Waals surface area contributed by atoms with Gasteiger partial charge in [0.15, 0.2) is 6.10 Å². The number of ether oxygens (including phenoxy) is 1. The quantitative estimate of drug-likeness (QED) is 0.298. The molecule has 1 aromatic heterocycles. The zero-order chi connectivity index (χ0) is 26.0. The molecule has 8 nitrogen and oxygen atoms in total. The predicted molar refractivity (Wildman–Crippen MR) is 118 cm³/mol. The second-order valence-electron chi connectivity index (χ2n) is 8.08. The van der Waals surface area contributed by atoms with E-state index in [0.717, 1.165) is 18.3 Å². The number of rotatable bonds is 9. The number of aliphatic hydroxyl groups excluding tert-OH is 1. The summed E-state index contributed by atoms with van der Waals surface area (Å²) in [5.74, 6) is -0.378. The summed E-state index contributed by atoms with van der Waals surface area (Å²) >= 11 is 0. The van der Waals surface area contributed by atoms with Gasteiger partial charge in [-0.05, 0) is 25.1 Å². The predicted octanol–water partition coefficient (Wildman–Crippen LogP) is 2.69. The molecule has 1 aliphatic rings. The minimum Gasteiger partial charge on any atom is -0.435 e. The Bertz CT molecular complexity index is 1140. The second kappa shape index (κ2) is 10.2. The molecule has 0 aliphatic carbocycles. The molecule has 3 rings (SSSR count). The number of carbonyl (C=O) groups is 1. The molecule has 1 aromatic carbocycles. The van der Waals surface area contributed by atoms with E-state index in [1.165, 1.54) is 18.2 Å². The molecule has 0 saturated carbocycles. The van der Waals surface area contributed by atoms with Gasteiger partial charge in [-0.15, -0.1) is 0 Å². The van der Waals surface area contributed by atoms with Crippen molar-refractivity contribution >= 4 is 28.1 Å². The van der Waals surface area contributed by atoms with Crippen LogP contribution < -0.4 is 15.4 Å². The molecule has 1 atom stereocenters. The lowest BCUT2D eigenvalue weighted by Gasteiger charge is -2.38. The molecule has 1 aliphatic heterocycles. The van der Waals surface area contributed by atoms with Crippen LogP contribution >= 0.6 is 0 Å². The van der Waals surface area contributed by atoms with Gasteiger partial charge in [0.2, 0.25) is 0 Å². The normalized spacial score (nSPS) is 20.6. The van der Waals surface area contributed by atoms with Gasteiger partial charge in [-0.25, -0.2) is 0 Å². The maximum absolute atomic E-state index is 12.8. The number of alkyl halides is 5. The summed E-state index contributed by atoms with van der Waals surface area (Å²) in [6.07, 6.45) is -6.56. The fraction of sp³-hybridized carbons (Fsp3) is 0.381. The summed E-state index contributed by atoms with van der Waals surface area (Å²) in [6, 6.07) is 6.25. The number of nitrogens with one attached hydrogen (secondary N) is 3. The third-order valence-corrected chi connectivity index (χ3v) is 6.89. The highest BCUT2D eigenvalue weighted by Crippen LogP contribution is 2.25. The number of carbonyl (C=O) groups excluding carboxylic acids is 1. The molecule has 35 heavy (non-hydrogen) atoms. The van der Waals surface area contributed by atoms with Crippen molar-refractivity contribution in [3.8, 4) is 5.75 Å². The molecule has 0 radical (unpaired) electrons. The molecule has 1 amide bonds. The molecular weight excluding hydrogens is 499 g/mol. The van der Waals surface area contributed by atoms with Crippen molar-refractivity contribution < 1.29 is 40.8 Å². The van der Waals surface area contributed by atoms with Crippen LogP contribution in [0.3, 0.4) is 0 Å². The lowest BCUT2D eigenvalue weighted by Crippen LogP contribution is -2.61. The molecular formula is C21H21F5N4O4S. The van der Waals surface area contributed by atoms with E-state index in [2.05, 4.69) is 20.4 Å².